The third-order valence-corrected chi connectivity index (χ3v) is 10.9. The van der Waals surface area contributed by atoms with Crippen molar-refractivity contribution in [2.75, 3.05) is 55.7 Å². The molecule has 0 spiro atoms. The Hall–Kier alpha value is 0.331. The molecule has 0 saturated heterocycles. The first-order valence-corrected chi connectivity index (χ1v) is 13.1. The lowest BCUT2D eigenvalue weighted by molar-refractivity contribution is 0.121. The summed E-state index contributed by atoms with van der Waals surface area (Å²) in [4.78, 5) is 0. The number of rotatable bonds is 15. The van der Waals surface area contributed by atoms with Gasteiger partial charge in [0.25, 0.3) is 0 Å². The molecule has 0 aromatic heterocycles. The van der Waals surface area contributed by atoms with Gasteiger partial charge in [-0.1, -0.05) is 0 Å². The van der Waals surface area contributed by atoms with Crippen molar-refractivity contribution in [1.29, 1.82) is 0 Å². The lowest BCUT2D eigenvalue weighted by Crippen LogP contribution is -2.45. The zero-order valence-corrected chi connectivity index (χ0v) is 18.8. The van der Waals surface area contributed by atoms with Crippen LogP contribution in [0, 0.1) is 0 Å². The Morgan fingerprint density at radius 2 is 1.00 bits per heavy atom. The topological polar surface area (TPSA) is 84.6 Å². The van der Waals surface area contributed by atoms with E-state index in [0.717, 1.165) is 38.0 Å². The highest BCUT2D eigenvalue weighted by Gasteiger charge is 2.38. The molecule has 0 aliphatic carbocycles. The number of nitrogens with zero attached hydrogens (tertiary/aromatic N) is 1. The summed E-state index contributed by atoms with van der Waals surface area (Å²) in [6.07, 6.45) is 1.88. The van der Waals surface area contributed by atoms with Crippen molar-refractivity contribution in [3.8, 4) is 0 Å². The molecular weight excluding hydrogens is 352 g/mol. The Morgan fingerprint density at radius 1 is 0.696 bits per heavy atom. The first-order chi connectivity index (χ1) is 11.0. The van der Waals surface area contributed by atoms with Gasteiger partial charge in [0.1, 0.15) is 0 Å². The molecule has 0 rings (SSSR count). The first-order valence-electron chi connectivity index (χ1n) is 7.74. The summed E-state index contributed by atoms with van der Waals surface area (Å²) in [6, 6.07) is 1.57. The second-order valence-electron chi connectivity index (χ2n) is 5.10. The maximum Gasteiger partial charge on any atom is 0.500 e. The molecule has 0 bridgehead atoms. The van der Waals surface area contributed by atoms with E-state index in [0.29, 0.717) is 0 Å². The summed E-state index contributed by atoms with van der Waals surface area (Å²) in [5.41, 5.74) is 0. The highest BCUT2D eigenvalue weighted by atomic mass is 28.4. The van der Waals surface area contributed by atoms with E-state index < -0.39 is 27.5 Å². The van der Waals surface area contributed by atoms with Gasteiger partial charge < -0.3 is 36.5 Å². The van der Waals surface area contributed by atoms with Crippen molar-refractivity contribution in [3.05, 3.63) is 0 Å². The van der Waals surface area contributed by atoms with Crippen LogP contribution in [0.3, 0.4) is 0 Å². The van der Waals surface area contributed by atoms with E-state index in [1.165, 1.54) is 0 Å². The largest absolute Gasteiger partial charge is 0.500 e. The van der Waals surface area contributed by atoms with Gasteiger partial charge in [0.15, 0.2) is 9.84 Å². The maximum atomic E-state index is 5.97. The van der Waals surface area contributed by atoms with Crippen molar-refractivity contribution in [3.63, 3.8) is 0 Å². The van der Waals surface area contributed by atoms with Gasteiger partial charge in [-0.05, 0) is 25.9 Å². The fourth-order valence-corrected chi connectivity index (χ4v) is 6.66. The van der Waals surface area contributed by atoms with Gasteiger partial charge in [0.2, 0.25) is 0 Å². The molecule has 0 aromatic rings. The molecule has 0 atom stereocenters. The standard InChI is InChI=1S/C12H34N2O6Si3/c1-15-22(16-2,17-3)11-7-9-14(21-13)10-8-12-23(18-4,19-5)20-6/h7-13,21H2,1-6H3. The summed E-state index contributed by atoms with van der Waals surface area (Å²) in [5, 5.41) is 5.97. The summed E-state index contributed by atoms with van der Waals surface area (Å²) in [6.45, 7) is 1.85. The van der Waals surface area contributed by atoms with Crippen molar-refractivity contribution < 1.29 is 26.6 Å². The zero-order chi connectivity index (χ0) is 17.8. The predicted molar refractivity (Wildman–Crippen MR) is 96.7 cm³/mol. The van der Waals surface area contributed by atoms with E-state index in [1.54, 1.807) is 42.7 Å². The van der Waals surface area contributed by atoms with Gasteiger partial charge in [0, 0.05) is 54.7 Å². The molecule has 0 aromatic carbocycles. The van der Waals surface area contributed by atoms with Crippen LogP contribution >= 0.6 is 0 Å². The van der Waals surface area contributed by atoms with Gasteiger partial charge >= 0.3 is 17.6 Å². The summed E-state index contributed by atoms with van der Waals surface area (Å²) < 4.78 is 34.9. The van der Waals surface area contributed by atoms with Crippen LogP contribution in [0.4, 0.5) is 0 Å². The van der Waals surface area contributed by atoms with Crippen LogP contribution < -0.4 is 5.40 Å². The summed E-state index contributed by atoms with van der Waals surface area (Å²) in [7, 11) is 4.15. The molecule has 23 heavy (non-hydrogen) atoms. The van der Waals surface area contributed by atoms with Gasteiger partial charge in [-0.3, -0.25) is 0 Å². The fraction of sp³-hybridized carbons (Fsp3) is 1.00. The van der Waals surface area contributed by atoms with Crippen LogP contribution in [0.2, 0.25) is 12.1 Å². The molecule has 8 nitrogen and oxygen atoms in total. The van der Waals surface area contributed by atoms with Crippen molar-refractivity contribution in [2.24, 2.45) is 5.40 Å². The molecule has 0 aliphatic rings. The van der Waals surface area contributed by atoms with E-state index in [4.69, 9.17) is 32.0 Å². The second-order valence-corrected chi connectivity index (χ2v) is 12.5. The zero-order valence-electron chi connectivity index (χ0n) is 15.4. The van der Waals surface area contributed by atoms with Crippen molar-refractivity contribution >= 4 is 27.5 Å². The minimum absolute atomic E-state index is 0.719. The SMILES string of the molecule is CO[Si](CCCN(CCC[Si](OC)(OC)OC)[SiH2]N)(OC)OC. The van der Waals surface area contributed by atoms with E-state index in [-0.39, 0.29) is 0 Å². The Morgan fingerprint density at radius 3 is 1.22 bits per heavy atom. The number of nitrogens with two attached hydrogens (primary N) is 1. The second kappa shape index (κ2) is 12.7. The van der Waals surface area contributed by atoms with Gasteiger partial charge in [-0.15, -0.1) is 0 Å². The highest BCUT2D eigenvalue weighted by Crippen LogP contribution is 2.17. The van der Waals surface area contributed by atoms with Gasteiger partial charge in [-0.25, -0.2) is 0 Å². The molecule has 0 amide bonds. The third-order valence-electron chi connectivity index (χ3n) is 4.04. The highest BCUT2D eigenvalue weighted by molar-refractivity contribution is 6.60. The molecule has 0 fully saturated rings. The third kappa shape index (κ3) is 7.83. The van der Waals surface area contributed by atoms with Crippen LogP contribution in [0.5, 0.6) is 0 Å². The van der Waals surface area contributed by atoms with Gasteiger partial charge in [-0.2, -0.15) is 0 Å². The maximum absolute atomic E-state index is 5.97. The molecule has 0 saturated carbocycles. The molecule has 2 N–H and O–H groups in total. The Bertz CT molecular complexity index is 253. The molecule has 140 valence electrons. The van der Waals surface area contributed by atoms with Crippen molar-refractivity contribution in [1.82, 2.24) is 4.57 Å². The van der Waals surface area contributed by atoms with E-state index in [2.05, 4.69) is 4.57 Å². The lowest BCUT2D eigenvalue weighted by atomic mass is 10.4. The van der Waals surface area contributed by atoms with E-state index in [9.17, 15) is 0 Å². The molecule has 0 aliphatic heterocycles. The molecule has 11 heteroatoms. The Labute approximate surface area is 145 Å². The van der Waals surface area contributed by atoms with Crippen LogP contribution in [0.15, 0.2) is 0 Å². The Balaban J connectivity index is 4.22. The van der Waals surface area contributed by atoms with Crippen molar-refractivity contribution in [2.45, 2.75) is 24.9 Å². The molecule has 0 heterocycles. The fourth-order valence-electron chi connectivity index (χ4n) is 2.45. The minimum atomic E-state index is -2.48. The quantitative estimate of drug-likeness (QED) is 0.387. The molecule has 0 unspecified atom stereocenters. The van der Waals surface area contributed by atoms with E-state index >= 15 is 0 Å². The summed E-state index contributed by atoms with van der Waals surface area (Å²) >= 11 is 0. The van der Waals surface area contributed by atoms with Crippen LogP contribution in [0.25, 0.3) is 0 Å². The molecular formula is C12H34N2O6Si3. The average molecular weight is 387 g/mol. The summed E-state index contributed by atoms with van der Waals surface area (Å²) in [5.74, 6) is 0. The van der Waals surface area contributed by atoms with E-state index in [1.807, 2.05) is 0 Å². The predicted octanol–water partition coefficient (Wildman–Crippen LogP) is -0.218. The number of hydrogen-bond acceptors (Lipinski definition) is 8. The smallest absolute Gasteiger partial charge is 0.377 e. The minimum Gasteiger partial charge on any atom is -0.377 e. The first kappa shape index (κ1) is 23.3. The average Bonchev–Trinajstić information content (AvgIpc) is 2.61. The van der Waals surface area contributed by atoms with Gasteiger partial charge in [0.05, 0.1) is 0 Å². The normalized spacial score (nSPS) is 13.6. The Kier molecular flexibility index (Phi) is 12.8. The molecule has 0 radical (unpaired) electrons. The van der Waals surface area contributed by atoms with Crippen LogP contribution in [0.1, 0.15) is 12.8 Å². The number of hydrogen-bond donors (Lipinski definition) is 1. The lowest BCUT2D eigenvalue weighted by Gasteiger charge is -2.27. The van der Waals surface area contributed by atoms with Crippen LogP contribution in [-0.4, -0.2) is 87.8 Å². The monoisotopic (exact) mass is 386 g/mol. The van der Waals surface area contributed by atoms with Crippen LogP contribution in [-0.2, 0) is 26.6 Å².